The van der Waals surface area contributed by atoms with Gasteiger partial charge in [-0.25, -0.2) is 0 Å². The van der Waals surface area contributed by atoms with E-state index >= 15 is 0 Å². The maximum Gasteiger partial charge on any atom is 0.314 e. The van der Waals surface area contributed by atoms with Gasteiger partial charge in [-0.2, -0.15) is 0 Å². The van der Waals surface area contributed by atoms with Crippen LogP contribution >= 0.6 is 0 Å². The van der Waals surface area contributed by atoms with Gasteiger partial charge in [-0.05, 0) is 0 Å². The minimum atomic E-state index is -1.31. The van der Waals surface area contributed by atoms with Crippen molar-refractivity contribution < 1.29 is 19.8 Å². The molecule has 0 aromatic heterocycles. The van der Waals surface area contributed by atoms with E-state index < -0.39 is 18.4 Å². The number of carbonyl (C=O) groups is 2. The number of carboxylic acid groups (broad SMARTS) is 2. The molecule has 0 saturated heterocycles. The molecule has 0 spiro atoms. The number of hydrogen-bond donors (Lipinski definition) is 2. The van der Waals surface area contributed by atoms with Crippen molar-refractivity contribution in [1.82, 2.24) is 0 Å². The second-order valence-electron chi connectivity index (χ2n) is 7.97. The fourth-order valence-corrected chi connectivity index (χ4v) is 8.83. The Hall–Kier alpha value is 0.511. The molecule has 0 fully saturated rings. The third-order valence-electron chi connectivity index (χ3n) is 5.01. The molecular formula is C23H46BaO4. The van der Waals surface area contributed by atoms with E-state index in [1.807, 2.05) is 0 Å². The molecule has 5 heteroatoms. The SMILES string of the molecule is CCCCCCCCC[CH2][Ba][CH2]CCCCCCCCC.O=C(O)CC(=O)O. The van der Waals surface area contributed by atoms with Crippen LogP contribution in [0.4, 0.5) is 0 Å². The first-order valence-electron chi connectivity index (χ1n) is 12.0. The summed E-state index contributed by atoms with van der Waals surface area (Å²) in [5.74, 6) is -2.62. The predicted molar refractivity (Wildman–Crippen MR) is 120 cm³/mol. The minimum absolute atomic E-state index is 0.389. The first-order valence-corrected chi connectivity index (χ1v) is 18.3. The summed E-state index contributed by atoms with van der Waals surface area (Å²) in [7, 11) is 0. The molecule has 0 aliphatic heterocycles. The van der Waals surface area contributed by atoms with Crippen LogP contribution in [0, 0.1) is 0 Å². The predicted octanol–water partition coefficient (Wildman–Crippen LogP) is 7.35. The summed E-state index contributed by atoms with van der Waals surface area (Å²) in [6.45, 7) is 4.61. The zero-order valence-electron chi connectivity index (χ0n) is 18.9. The summed E-state index contributed by atoms with van der Waals surface area (Å²) in [4.78, 5) is 18.9. The van der Waals surface area contributed by atoms with Crippen molar-refractivity contribution in [2.75, 3.05) is 0 Å². The molecule has 4 nitrogen and oxygen atoms in total. The molecule has 28 heavy (non-hydrogen) atoms. The van der Waals surface area contributed by atoms with Gasteiger partial charge in [0.1, 0.15) is 6.42 Å². The quantitative estimate of drug-likeness (QED) is 0.0993. The summed E-state index contributed by atoms with van der Waals surface area (Å²) in [5.41, 5.74) is 0. The molecule has 2 N–H and O–H groups in total. The van der Waals surface area contributed by atoms with E-state index in [0.29, 0.717) is 0 Å². The normalized spacial score (nSPS) is 10.1. The summed E-state index contributed by atoms with van der Waals surface area (Å²) >= 11 is -0.389. The third kappa shape index (κ3) is 34.0. The van der Waals surface area contributed by atoms with Crippen LogP contribution in [-0.4, -0.2) is 66.3 Å². The Morgan fingerprint density at radius 2 is 0.821 bits per heavy atom. The molecular weight excluding hydrogens is 478 g/mol. The molecule has 0 aromatic carbocycles. The molecule has 0 aliphatic carbocycles. The van der Waals surface area contributed by atoms with Crippen molar-refractivity contribution in [3.05, 3.63) is 0 Å². The number of unbranched alkanes of at least 4 members (excludes halogenated alkanes) is 14. The number of aliphatic carboxylic acids is 2. The Morgan fingerprint density at radius 1 is 0.536 bits per heavy atom. The first kappa shape index (κ1) is 30.7. The monoisotopic (exact) mass is 524 g/mol. The van der Waals surface area contributed by atoms with Gasteiger partial charge in [-0.3, -0.25) is 9.59 Å². The van der Waals surface area contributed by atoms with Crippen molar-refractivity contribution in [3.63, 3.8) is 0 Å². The second-order valence-corrected chi connectivity index (χ2v) is 14.6. The Bertz CT molecular complexity index is 305. The van der Waals surface area contributed by atoms with Crippen LogP contribution in [0.5, 0.6) is 0 Å². The van der Waals surface area contributed by atoms with Crippen LogP contribution < -0.4 is 0 Å². The Morgan fingerprint density at radius 3 is 1.07 bits per heavy atom. The minimum Gasteiger partial charge on any atom is -0.481 e. The molecule has 0 heterocycles. The third-order valence-corrected chi connectivity index (χ3v) is 11.3. The maximum atomic E-state index is 9.43. The van der Waals surface area contributed by atoms with Gasteiger partial charge < -0.3 is 10.2 Å². The largest absolute Gasteiger partial charge is 0.481 e. The second kappa shape index (κ2) is 27.5. The van der Waals surface area contributed by atoms with E-state index in [-0.39, 0.29) is 44.2 Å². The van der Waals surface area contributed by atoms with Gasteiger partial charge >= 0.3 is 174 Å². The Balaban J connectivity index is 0. The Labute approximate surface area is 199 Å². The standard InChI is InChI=1S/2C10H21.C3H4O4.Ba/c2*1-3-5-7-9-10-8-6-4-2;4-2(5)1-3(6)7;/h2*1,3-10H2,2H3;1H2,(H,4,5)(H,6,7);. The topological polar surface area (TPSA) is 74.6 Å². The van der Waals surface area contributed by atoms with Crippen LogP contribution in [0.3, 0.4) is 0 Å². The van der Waals surface area contributed by atoms with E-state index in [0.717, 1.165) is 0 Å². The number of rotatable bonds is 20. The molecule has 0 saturated carbocycles. The molecule has 0 unspecified atom stereocenters. The number of carboxylic acids is 2. The molecule has 0 rings (SSSR count). The fourth-order valence-electron chi connectivity index (χ4n) is 3.28. The molecule has 0 amide bonds. The summed E-state index contributed by atoms with van der Waals surface area (Å²) in [5, 5.41) is 15.4. The van der Waals surface area contributed by atoms with Crippen molar-refractivity contribution in [2.45, 2.75) is 125 Å². The smallest absolute Gasteiger partial charge is 0.314 e. The molecule has 0 aliphatic rings. The van der Waals surface area contributed by atoms with E-state index in [9.17, 15) is 9.59 Å². The van der Waals surface area contributed by atoms with Crippen molar-refractivity contribution in [3.8, 4) is 0 Å². The fraction of sp³-hybridized carbons (Fsp3) is 0.913. The van der Waals surface area contributed by atoms with Gasteiger partial charge in [0.2, 0.25) is 0 Å². The number of hydrogen-bond acceptors (Lipinski definition) is 2. The van der Waals surface area contributed by atoms with Gasteiger partial charge in [0.05, 0.1) is 0 Å². The van der Waals surface area contributed by atoms with Gasteiger partial charge in [0.25, 0.3) is 0 Å². The molecule has 0 bridgehead atoms. The van der Waals surface area contributed by atoms with Gasteiger partial charge in [-0.15, -0.1) is 0 Å². The van der Waals surface area contributed by atoms with Gasteiger partial charge in [0, 0.05) is 0 Å². The maximum absolute atomic E-state index is 9.43. The summed E-state index contributed by atoms with van der Waals surface area (Å²) in [6, 6.07) is 0. The van der Waals surface area contributed by atoms with Crippen LogP contribution in [0.25, 0.3) is 0 Å². The van der Waals surface area contributed by atoms with E-state index in [4.69, 9.17) is 10.2 Å². The zero-order valence-corrected chi connectivity index (χ0v) is 23.3. The molecule has 0 atom stereocenters. The zero-order chi connectivity index (χ0) is 21.3. The summed E-state index contributed by atoms with van der Waals surface area (Å²) in [6.07, 6.45) is 23.2. The van der Waals surface area contributed by atoms with Gasteiger partial charge in [-0.1, -0.05) is 0 Å². The van der Waals surface area contributed by atoms with Crippen LogP contribution in [0.2, 0.25) is 1.78 Å². The van der Waals surface area contributed by atoms with Crippen LogP contribution in [0.1, 0.15) is 123 Å². The van der Waals surface area contributed by atoms with Crippen molar-refractivity contribution in [2.24, 2.45) is 0 Å². The van der Waals surface area contributed by atoms with E-state index in [1.54, 1.807) is 27.5 Å². The average molecular weight is 524 g/mol. The first-order chi connectivity index (χ1) is 13.5. The van der Waals surface area contributed by atoms with Crippen LogP contribution in [-0.2, 0) is 9.59 Å². The van der Waals surface area contributed by atoms with Gasteiger partial charge in [0.15, 0.2) is 0 Å². The van der Waals surface area contributed by atoms with E-state index in [1.165, 1.54) is 77.0 Å². The average Bonchev–Trinajstić information content (AvgIpc) is 2.63. The molecule has 0 aromatic rings. The van der Waals surface area contributed by atoms with E-state index in [2.05, 4.69) is 13.8 Å². The van der Waals surface area contributed by atoms with Crippen molar-refractivity contribution in [1.29, 1.82) is 0 Å². The molecule has 164 valence electrons. The van der Waals surface area contributed by atoms with Crippen molar-refractivity contribution >= 4 is 56.1 Å². The summed E-state index contributed by atoms with van der Waals surface area (Å²) < 4.78 is 3.43. The molecule has 0 radical (unpaired) electrons. The van der Waals surface area contributed by atoms with Crippen LogP contribution in [0.15, 0.2) is 0 Å². The Kier molecular flexibility index (Phi) is 30.2.